The van der Waals surface area contributed by atoms with Crippen LogP contribution in [0, 0.1) is 0 Å². The monoisotopic (exact) mass is 356 g/mol. The molecule has 0 N–H and O–H groups in total. The molecule has 0 saturated carbocycles. The van der Waals surface area contributed by atoms with E-state index in [1.54, 1.807) is 0 Å². The third-order valence-electron chi connectivity index (χ3n) is 3.76. The van der Waals surface area contributed by atoms with Crippen molar-refractivity contribution in [1.82, 2.24) is 9.55 Å². The molecule has 5 heteroatoms. The highest BCUT2D eigenvalue weighted by Gasteiger charge is 2.20. The number of fused-ring (bicyclic) bond motifs is 1. The van der Waals surface area contributed by atoms with Crippen LogP contribution in [0.25, 0.3) is 11.0 Å². The summed E-state index contributed by atoms with van der Waals surface area (Å²) in [6.45, 7) is 3.67. The fourth-order valence-electron chi connectivity index (χ4n) is 2.77. The van der Waals surface area contributed by atoms with Crippen molar-refractivity contribution < 1.29 is 4.74 Å². The number of nitrogens with zero attached hydrogens (tertiary/aromatic N) is 2. The standard InChI is InChI=1S/C15H18BrClN2O/c1-10(17)15-18-13-6-5-11(16)8-14(13)19(15)9-12-4-2-3-7-20-12/h5-6,8,10,12H,2-4,7,9H2,1H3. The maximum Gasteiger partial charge on any atom is 0.127 e. The van der Waals surface area contributed by atoms with E-state index in [1.807, 2.05) is 19.1 Å². The van der Waals surface area contributed by atoms with E-state index in [2.05, 4.69) is 31.5 Å². The number of hydrogen-bond acceptors (Lipinski definition) is 2. The average Bonchev–Trinajstić information content (AvgIpc) is 2.78. The summed E-state index contributed by atoms with van der Waals surface area (Å²) < 4.78 is 9.14. The van der Waals surface area contributed by atoms with Crippen LogP contribution in [0.3, 0.4) is 0 Å². The van der Waals surface area contributed by atoms with Crippen LogP contribution in [0.1, 0.15) is 37.4 Å². The third-order valence-corrected chi connectivity index (χ3v) is 4.44. The molecule has 108 valence electrons. The van der Waals surface area contributed by atoms with Crippen LogP contribution in [-0.2, 0) is 11.3 Å². The summed E-state index contributed by atoms with van der Waals surface area (Å²) in [5.41, 5.74) is 2.11. The first kappa shape index (κ1) is 14.4. The largest absolute Gasteiger partial charge is 0.376 e. The Labute approximate surface area is 132 Å². The predicted molar refractivity (Wildman–Crippen MR) is 85.3 cm³/mol. The van der Waals surface area contributed by atoms with Crippen molar-refractivity contribution in [2.45, 2.75) is 44.2 Å². The number of rotatable bonds is 3. The maximum absolute atomic E-state index is 6.30. The quantitative estimate of drug-likeness (QED) is 0.747. The topological polar surface area (TPSA) is 27.1 Å². The molecule has 20 heavy (non-hydrogen) atoms. The number of alkyl halides is 1. The summed E-state index contributed by atoms with van der Waals surface area (Å²) in [4.78, 5) is 4.67. The molecule has 3 rings (SSSR count). The molecule has 2 atom stereocenters. The third kappa shape index (κ3) is 2.87. The zero-order valence-electron chi connectivity index (χ0n) is 11.5. The van der Waals surface area contributed by atoms with E-state index in [-0.39, 0.29) is 11.5 Å². The lowest BCUT2D eigenvalue weighted by Crippen LogP contribution is -2.25. The Hall–Kier alpha value is -0.580. The van der Waals surface area contributed by atoms with Crippen LogP contribution in [0.4, 0.5) is 0 Å². The smallest absolute Gasteiger partial charge is 0.127 e. The van der Waals surface area contributed by atoms with Crippen molar-refractivity contribution in [3.63, 3.8) is 0 Å². The summed E-state index contributed by atoms with van der Waals surface area (Å²) in [7, 11) is 0. The van der Waals surface area contributed by atoms with E-state index in [0.717, 1.165) is 40.9 Å². The Bertz CT molecular complexity index is 605. The van der Waals surface area contributed by atoms with Gasteiger partial charge in [-0.15, -0.1) is 11.6 Å². The van der Waals surface area contributed by atoms with E-state index in [9.17, 15) is 0 Å². The first-order valence-electron chi connectivity index (χ1n) is 7.06. The number of benzene rings is 1. The lowest BCUT2D eigenvalue weighted by Gasteiger charge is -2.24. The van der Waals surface area contributed by atoms with Crippen molar-refractivity contribution in [2.75, 3.05) is 6.61 Å². The zero-order chi connectivity index (χ0) is 14.1. The average molecular weight is 358 g/mol. The number of imidazole rings is 1. The van der Waals surface area contributed by atoms with Crippen molar-refractivity contribution in [2.24, 2.45) is 0 Å². The summed E-state index contributed by atoms with van der Waals surface area (Å²) in [6, 6.07) is 6.15. The molecular weight excluding hydrogens is 340 g/mol. The lowest BCUT2D eigenvalue weighted by atomic mass is 10.1. The zero-order valence-corrected chi connectivity index (χ0v) is 13.8. The van der Waals surface area contributed by atoms with Crippen LogP contribution in [0.2, 0.25) is 0 Å². The highest BCUT2D eigenvalue weighted by atomic mass is 79.9. The second-order valence-electron chi connectivity index (χ2n) is 5.32. The molecule has 1 aliphatic heterocycles. The Balaban J connectivity index is 2.01. The van der Waals surface area contributed by atoms with Gasteiger partial charge in [0.2, 0.25) is 0 Å². The molecule has 2 aromatic rings. The Morgan fingerprint density at radius 3 is 3.05 bits per heavy atom. The van der Waals surface area contributed by atoms with Crippen molar-refractivity contribution in [1.29, 1.82) is 0 Å². The minimum Gasteiger partial charge on any atom is -0.376 e. The van der Waals surface area contributed by atoms with E-state index >= 15 is 0 Å². The normalized spacial score (nSPS) is 21.2. The van der Waals surface area contributed by atoms with Gasteiger partial charge >= 0.3 is 0 Å². The highest BCUT2D eigenvalue weighted by molar-refractivity contribution is 9.10. The van der Waals surface area contributed by atoms with E-state index in [4.69, 9.17) is 16.3 Å². The predicted octanol–water partition coefficient (Wildman–Crippen LogP) is 4.67. The van der Waals surface area contributed by atoms with Crippen LogP contribution in [0.15, 0.2) is 22.7 Å². The van der Waals surface area contributed by atoms with Gasteiger partial charge in [-0.05, 0) is 44.4 Å². The Kier molecular flexibility index (Phi) is 4.34. The van der Waals surface area contributed by atoms with Gasteiger partial charge in [-0.1, -0.05) is 15.9 Å². The molecule has 1 aromatic heterocycles. The SMILES string of the molecule is CC(Cl)c1nc2ccc(Br)cc2n1CC1CCCCO1. The van der Waals surface area contributed by atoms with Crippen LogP contribution < -0.4 is 0 Å². The molecule has 0 aliphatic carbocycles. The van der Waals surface area contributed by atoms with Crippen LogP contribution in [-0.4, -0.2) is 22.3 Å². The van der Waals surface area contributed by atoms with Gasteiger partial charge < -0.3 is 9.30 Å². The molecule has 1 aliphatic rings. The minimum atomic E-state index is -0.107. The summed E-state index contributed by atoms with van der Waals surface area (Å²) in [5, 5.41) is -0.107. The second kappa shape index (κ2) is 6.04. The number of halogens is 2. The molecule has 0 radical (unpaired) electrons. The van der Waals surface area contributed by atoms with Crippen molar-refractivity contribution in [3.8, 4) is 0 Å². The molecule has 0 bridgehead atoms. The highest BCUT2D eigenvalue weighted by Crippen LogP contribution is 2.28. The number of hydrogen-bond donors (Lipinski definition) is 0. The van der Waals surface area contributed by atoms with Gasteiger partial charge in [0, 0.05) is 11.1 Å². The summed E-state index contributed by atoms with van der Waals surface area (Å²) in [5.74, 6) is 0.925. The van der Waals surface area contributed by atoms with Crippen molar-refractivity contribution >= 4 is 38.6 Å². The Morgan fingerprint density at radius 1 is 1.50 bits per heavy atom. The van der Waals surface area contributed by atoms with Gasteiger partial charge in [-0.2, -0.15) is 0 Å². The first-order chi connectivity index (χ1) is 9.65. The van der Waals surface area contributed by atoms with Gasteiger partial charge in [0.25, 0.3) is 0 Å². The summed E-state index contributed by atoms with van der Waals surface area (Å²) >= 11 is 9.83. The minimum absolute atomic E-state index is 0.107. The van der Waals surface area contributed by atoms with Gasteiger partial charge in [0.05, 0.1) is 29.1 Å². The molecule has 0 spiro atoms. The Morgan fingerprint density at radius 2 is 2.35 bits per heavy atom. The molecule has 0 amide bonds. The first-order valence-corrected chi connectivity index (χ1v) is 8.29. The van der Waals surface area contributed by atoms with Crippen molar-refractivity contribution in [3.05, 3.63) is 28.5 Å². The van der Waals surface area contributed by atoms with Gasteiger partial charge in [-0.3, -0.25) is 0 Å². The summed E-state index contributed by atoms with van der Waals surface area (Å²) in [6.07, 6.45) is 3.80. The molecular formula is C15H18BrClN2O. The van der Waals surface area contributed by atoms with E-state index < -0.39 is 0 Å². The molecule has 2 heterocycles. The lowest BCUT2D eigenvalue weighted by molar-refractivity contribution is 0.00619. The van der Waals surface area contributed by atoms with E-state index in [1.165, 1.54) is 12.8 Å². The fraction of sp³-hybridized carbons (Fsp3) is 0.533. The molecule has 1 aromatic carbocycles. The van der Waals surface area contributed by atoms with Gasteiger partial charge in [0.1, 0.15) is 5.82 Å². The molecule has 1 fully saturated rings. The van der Waals surface area contributed by atoms with Crippen LogP contribution >= 0.6 is 27.5 Å². The molecule has 1 saturated heterocycles. The molecule has 3 nitrogen and oxygen atoms in total. The maximum atomic E-state index is 6.30. The second-order valence-corrected chi connectivity index (χ2v) is 6.89. The van der Waals surface area contributed by atoms with Gasteiger partial charge in [0.15, 0.2) is 0 Å². The number of aromatic nitrogens is 2. The van der Waals surface area contributed by atoms with Gasteiger partial charge in [-0.25, -0.2) is 4.98 Å². The van der Waals surface area contributed by atoms with E-state index in [0.29, 0.717) is 0 Å². The van der Waals surface area contributed by atoms with Crippen LogP contribution in [0.5, 0.6) is 0 Å². The fourth-order valence-corrected chi connectivity index (χ4v) is 3.28. The molecule has 2 unspecified atom stereocenters. The number of ether oxygens (including phenoxy) is 1.